The van der Waals surface area contributed by atoms with Crippen LogP contribution >= 0.6 is 11.6 Å². The third-order valence-electron chi connectivity index (χ3n) is 2.64. The van der Waals surface area contributed by atoms with Gasteiger partial charge >= 0.3 is 0 Å². The fourth-order valence-electron chi connectivity index (χ4n) is 1.52. The second kappa shape index (κ2) is 5.35. The van der Waals surface area contributed by atoms with Crippen molar-refractivity contribution in [2.45, 2.75) is 18.5 Å². The molecule has 0 radical (unpaired) electrons. The third-order valence-corrected chi connectivity index (χ3v) is 4.44. The second-order valence-electron chi connectivity index (χ2n) is 4.08. The normalized spacial score (nSPS) is 11.8. The Kier molecular flexibility index (Phi) is 3.93. The van der Waals surface area contributed by atoms with E-state index in [9.17, 15) is 8.42 Å². The number of hydrogen-bond donors (Lipinski definition) is 2. The molecular weight excluding hydrogens is 304 g/mol. The first-order valence-electron chi connectivity index (χ1n) is 5.56. The molecule has 0 aliphatic heterocycles. The van der Waals surface area contributed by atoms with E-state index in [1.807, 2.05) is 0 Å². The number of nitrogens with zero attached hydrogens (tertiary/aromatic N) is 4. The Balaban J connectivity index is 2.19. The maximum atomic E-state index is 12.1. The third kappa shape index (κ3) is 2.89. The van der Waals surface area contributed by atoms with Gasteiger partial charge in [-0.15, -0.1) is 0 Å². The average Bonchev–Trinajstić information content (AvgIpc) is 2.69. The summed E-state index contributed by atoms with van der Waals surface area (Å²) < 4.78 is 27.9. The van der Waals surface area contributed by atoms with E-state index in [1.165, 1.54) is 24.0 Å². The lowest BCUT2D eigenvalue weighted by Gasteiger charge is -2.08. The molecule has 2 rings (SSSR count). The van der Waals surface area contributed by atoms with Crippen LogP contribution in [0.25, 0.3) is 0 Å². The first kappa shape index (κ1) is 14.7. The van der Waals surface area contributed by atoms with Crippen molar-refractivity contribution in [1.82, 2.24) is 24.2 Å². The molecule has 10 heteroatoms. The predicted octanol–water partition coefficient (Wildman–Crippen LogP) is 0.233. The summed E-state index contributed by atoms with van der Waals surface area (Å²) >= 11 is 5.71. The molecule has 0 saturated heterocycles. The molecule has 8 nitrogen and oxygen atoms in total. The van der Waals surface area contributed by atoms with Crippen molar-refractivity contribution < 1.29 is 8.42 Å². The van der Waals surface area contributed by atoms with Gasteiger partial charge in [-0.1, -0.05) is 0 Å². The smallest absolute Gasteiger partial charge is 0.258 e. The molecule has 0 spiro atoms. The van der Waals surface area contributed by atoms with Gasteiger partial charge in [0.1, 0.15) is 11.6 Å². The van der Waals surface area contributed by atoms with Crippen LogP contribution in [0.5, 0.6) is 0 Å². The minimum Gasteiger partial charge on any atom is -0.383 e. The minimum absolute atomic E-state index is 0.0166. The summed E-state index contributed by atoms with van der Waals surface area (Å²) in [5.41, 5.74) is 6.19. The molecule has 108 valence electrons. The fraction of sp³-hybridized carbons (Fsp3) is 0.300. The Morgan fingerprint density at radius 1 is 1.40 bits per heavy atom. The van der Waals surface area contributed by atoms with Crippen LogP contribution in [-0.2, 0) is 23.6 Å². The summed E-state index contributed by atoms with van der Waals surface area (Å²) in [6.45, 7) is 1.68. The van der Waals surface area contributed by atoms with Gasteiger partial charge in [0.2, 0.25) is 5.28 Å². The molecule has 0 unspecified atom stereocenters. The lowest BCUT2D eigenvalue weighted by atomic mass is 10.3. The first-order chi connectivity index (χ1) is 9.31. The van der Waals surface area contributed by atoms with Crippen LogP contribution in [-0.4, -0.2) is 27.9 Å². The van der Waals surface area contributed by atoms with Crippen molar-refractivity contribution in [3.05, 3.63) is 29.1 Å². The van der Waals surface area contributed by atoms with E-state index in [0.29, 0.717) is 11.4 Å². The molecule has 0 aromatic carbocycles. The molecule has 2 aromatic heterocycles. The number of nitrogens with two attached hydrogens (primary N) is 1. The number of hydrogen-bond acceptors (Lipinski definition) is 6. The standard InChI is InChI=1S/C10H13ClN6O2S/c1-6-13-3-7(9(12)16-6)4-15-20(18,19)8-5-14-10(11)17(8)2/h3,5,15H,4H2,1-2H3,(H2,12,13,16). The highest BCUT2D eigenvalue weighted by Crippen LogP contribution is 2.15. The largest absolute Gasteiger partial charge is 0.383 e. The number of aryl methyl sites for hydroxylation is 1. The number of anilines is 1. The zero-order valence-corrected chi connectivity index (χ0v) is 12.4. The van der Waals surface area contributed by atoms with Crippen molar-refractivity contribution >= 4 is 27.4 Å². The number of nitrogen functional groups attached to an aromatic ring is 1. The van der Waals surface area contributed by atoms with E-state index in [4.69, 9.17) is 17.3 Å². The second-order valence-corrected chi connectivity index (χ2v) is 6.13. The van der Waals surface area contributed by atoms with E-state index in [0.717, 1.165) is 0 Å². The molecule has 0 aliphatic rings. The number of aromatic nitrogens is 4. The van der Waals surface area contributed by atoms with Gasteiger partial charge in [0.05, 0.1) is 6.20 Å². The molecule has 0 saturated carbocycles. The maximum absolute atomic E-state index is 12.1. The van der Waals surface area contributed by atoms with Crippen LogP contribution in [0.2, 0.25) is 5.28 Å². The lowest BCUT2D eigenvalue weighted by Crippen LogP contribution is -2.25. The van der Waals surface area contributed by atoms with Gasteiger partial charge < -0.3 is 10.3 Å². The van der Waals surface area contributed by atoms with Crippen molar-refractivity contribution in [2.24, 2.45) is 7.05 Å². The van der Waals surface area contributed by atoms with Crippen LogP contribution in [0.3, 0.4) is 0 Å². The van der Waals surface area contributed by atoms with Crippen molar-refractivity contribution in [2.75, 3.05) is 5.73 Å². The molecule has 2 heterocycles. The summed E-state index contributed by atoms with van der Waals surface area (Å²) in [5, 5.41) is 0.0534. The topological polar surface area (TPSA) is 116 Å². The van der Waals surface area contributed by atoms with Gasteiger partial charge in [-0.3, -0.25) is 0 Å². The van der Waals surface area contributed by atoms with Crippen molar-refractivity contribution in [3.8, 4) is 0 Å². The van der Waals surface area contributed by atoms with E-state index in [-0.39, 0.29) is 22.7 Å². The molecule has 0 bridgehead atoms. The van der Waals surface area contributed by atoms with Crippen LogP contribution < -0.4 is 10.5 Å². The number of imidazole rings is 1. The maximum Gasteiger partial charge on any atom is 0.258 e. The Hall–Kier alpha value is -1.71. The van der Waals surface area contributed by atoms with Crippen LogP contribution in [0, 0.1) is 6.92 Å². The monoisotopic (exact) mass is 316 g/mol. The number of rotatable bonds is 4. The zero-order valence-electron chi connectivity index (χ0n) is 10.8. The van der Waals surface area contributed by atoms with Gasteiger partial charge in [-0.25, -0.2) is 28.1 Å². The quantitative estimate of drug-likeness (QED) is 0.834. The fourth-order valence-corrected chi connectivity index (χ4v) is 2.84. The lowest BCUT2D eigenvalue weighted by molar-refractivity contribution is 0.571. The average molecular weight is 317 g/mol. The molecule has 0 amide bonds. The SMILES string of the molecule is Cc1ncc(CNS(=O)(=O)c2cnc(Cl)n2C)c(N)n1. The van der Waals surface area contributed by atoms with E-state index < -0.39 is 10.0 Å². The summed E-state index contributed by atoms with van der Waals surface area (Å²) in [7, 11) is -2.23. The van der Waals surface area contributed by atoms with Crippen LogP contribution in [0.4, 0.5) is 5.82 Å². The highest BCUT2D eigenvalue weighted by molar-refractivity contribution is 7.89. The number of nitrogens with one attached hydrogen (secondary N) is 1. The van der Waals surface area contributed by atoms with Gasteiger partial charge in [0.15, 0.2) is 5.03 Å². The molecule has 0 fully saturated rings. The molecule has 3 N–H and O–H groups in total. The Bertz CT molecular complexity index is 742. The van der Waals surface area contributed by atoms with Crippen molar-refractivity contribution in [3.63, 3.8) is 0 Å². The first-order valence-corrected chi connectivity index (χ1v) is 7.42. The van der Waals surface area contributed by atoms with E-state index in [2.05, 4.69) is 19.7 Å². The molecular formula is C10H13ClN6O2S. The molecule has 2 aromatic rings. The van der Waals surface area contributed by atoms with Crippen molar-refractivity contribution in [1.29, 1.82) is 0 Å². The number of sulfonamides is 1. The molecule has 0 aliphatic carbocycles. The van der Waals surface area contributed by atoms with Gasteiger partial charge in [-0.05, 0) is 18.5 Å². The highest BCUT2D eigenvalue weighted by atomic mass is 35.5. The van der Waals surface area contributed by atoms with E-state index >= 15 is 0 Å². The zero-order chi connectivity index (χ0) is 14.9. The summed E-state index contributed by atoms with van der Waals surface area (Å²) in [4.78, 5) is 11.7. The van der Waals surface area contributed by atoms with E-state index in [1.54, 1.807) is 6.92 Å². The summed E-state index contributed by atoms with van der Waals surface area (Å²) in [5.74, 6) is 0.760. The molecule has 0 atom stereocenters. The Morgan fingerprint density at radius 3 is 2.65 bits per heavy atom. The molecule has 20 heavy (non-hydrogen) atoms. The minimum atomic E-state index is -3.74. The van der Waals surface area contributed by atoms with Gasteiger partial charge in [-0.2, -0.15) is 0 Å². The number of halogens is 1. The van der Waals surface area contributed by atoms with Gasteiger partial charge in [0.25, 0.3) is 10.0 Å². The van der Waals surface area contributed by atoms with Gasteiger partial charge in [0, 0.05) is 25.4 Å². The van der Waals surface area contributed by atoms with Crippen LogP contribution in [0.15, 0.2) is 17.4 Å². The predicted molar refractivity (Wildman–Crippen MR) is 73.4 cm³/mol. The summed E-state index contributed by atoms with van der Waals surface area (Å²) in [6, 6.07) is 0. The summed E-state index contributed by atoms with van der Waals surface area (Å²) in [6.07, 6.45) is 2.66. The Labute approximate surface area is 121 Å². The Morgan fingerprint density at radius 2 is 2.10 bits per heavy atom. The van der Waals surface area contributed by atoms with Crippen LogP contribution in [0.1, 0.15) is 11.4 Å². The highest BCUT2D eigenvalue weighted by Gasteiger charge is 2.20.